The van der Waals surface area contributed by atoms with Crippen molar-refractivity contribution >= 4 is 11.9 Å². The zero-order chi connectivity index (χ0) is 17.9. The van der Waals surface area contributed by atoms with E-state index >= 15 is 0 Å². The molecular formula is C22H27NO3. The van der Waals surface area contributed by atoms with E-state index in [0.29, 0.717) is 18.2 Å². The molecule has 1 aliphatic heterocycles. The first-order valence-corrected chi connectivity index (χ1v) is 9.98. The van der Waals surface area contributed by atoms with E-state index in [2.05, 4.69) is 17.1 Å². The fourth-order valence-corrected chi connectivity index (χ4v) is 4.86. The van der Waals surface area contributed by atoms with E-state index in [4.69, 9.17) is 4.74 Å². The van der Waals surface area contributed by atoms with Crippen molar-refractivity contribution < 1.29 is 14.3 Å². The molecular weight excluding hydrogens is 326 g/mol. The lowest BCUT2D eigenvalue weighted by atomic mass is 9.71. The molecule has 26 heavy (non-hydrogen) atoms. The number of esters is 1. The molecule has 0 unspecified atom stereocenters. The Morgan fingerprint density at radius 3 is 2.58 bits per heavy atom. The molecule has 138 valence electrons. The van der Waals surface area contributed by atoms with Crippen molar-refractivity contribution in [1.29, 1.82) is 0 Å². The Morgan fingerprint density at radius 1 is 1.04 bits per heavy atom. The Labute approximate surface area is 155 Å². The van der Waals surface area contributed by atoms with Gasteiger partial charge in [-0.15, -0.1) is 0 Å². The minimum Gasteiger partial charge on any atom is -0.426 e. The minimum absolute atomic E-state index is 0.171. The Hall–Kier alpha value is -2.10. The minimum atomic E-state index is -0.371. The first-order chi connectivity index (χ1) is 12.7. The molecule has 1 aromatic rings. The number of carbonyl (C=O) groups excluding carboxylic acids is 2. The number of hydrogen-bond acceptors (Lipinski definition) is 3. The second-order valence-corrected chi connectivity index (χ2v) is 7.81. The van der Waals surface area contributed by atoms with Crippen LogP contribution >= 0.6 is 0 Å². The first kappa shape index (κ1) is 17.3. The molecule has 1 aromatic carbocycles. The fourth-order valence-electron chi connectivity index (χ4n) is 4.86. The molecule has 1 amide bonds. The number of likely N-dealkylation sites (tertiary alicyclic amines) is 1. The second kappa shape index (κ2) is 7.65. The van der Waals surface area contributed by atoms with Crippen molar-refractivity contribution in [1.82, 2.24) is 4.90 Å². The van der Waals surface area contributed by atoms with E-state index in [-0.39, 0.29) is 29.6 Å². The van der Waals surface area contributed by atoms with Crippen LogP contribution < -0.4 is 4.74 Å². The number of allylic oxidation sites excluding steroid dienone is 2. The number of ether oxygens (including phenoxy) is 1. The molecule has 0 radical (unpaired) electrons. The summed E-state index contributed by atoms with van der Waals surface area (Å²) in [6, 6.07) is 9.53. The van der Waals surface area contributed by atoms with Gasteiger partial charge in [0.1, 0.15) is 5.75 Å². The number of hydrogen-bond donors (Lipinski definition) is 0. The topological polar surface area (TPSA) is 46.6 Å². The molecule has 3 atom stereocenters. The Kier molecular flexibility index (Phi) is 5.09. The summed E-state index contributed by atoms with van der Waals surface area (Å²) in [6.45, 7) is 0.829. The number of amides is 1. The molecule has 2 fully saturated rings. The van der Waals surface area contributed by atoms with Gasteiger partial charge in [0.2, 0.25) is 5.91 Å². The zero-order valence-electron chi connectivity index (χ0n) is 15.2. The van der Waals surface area contributed by atoms with E-state index in [1.54, 1.807) is 12.1 Å². The summed E-state index contributed by atoms with van der Waals surface area (Å²) in [5.41, 5.74) is 0. The third-order valence-corrected chi connectivity index (χ3v) is 6.22. The number of fused-ring (bicyclic) bond motifs is 1. The maximum Gasteiger partial charge on any atom is 0.315 e. The van der Waals surface area contributed by atoms with Crippen molar-refractivity contribution in [3.05, 3.63) is 42.5 Å². The number of nitrogens with zero attached hydrogens (tertiary/aromatic N) is 1. The van der Waals surface area contributed by atoms with E-state index in [9.17, 15) is 9.59 Å². The Balaban J connectivity index is 1.51. The van der Waals surface area contributed by atoms with Crippen LogP contribution in [0.25, 0.3) is 0 Å². The lowest BCUT2D eigenvalue weighted by Crippen LogP contribution is -2.54. The van der Waals surface area contributed by atoms with Crippen LogP contribution in [0.3, 0.4) is 0 Å². The number of rotatable bonds is 3. The van der Waals surface area contributed by atoms with E-state index in [0.717, 1.165) is 25.8 Å². The van der Waals surface area contributed by atoms with Crippen LogP contribution in [0.15, 0.2) is 42.5 Å². The fraction of sp³-hybridized carbons (Fsp3) is 0.545. The summed E-state index contributed by atoms with van der Waals surface area (Å²) in [6.07, 6.45) is 11.7. The predicted molar refractivity (Wildman–Crippen MR) is 99.5 cm³/mol. The molecule has 2 aliphatic carbocycles. The summed E-state index contributed by atoms with van der Waals surface area (Å²) < 4.78 is 5.59. The van der Waals surface area contributed by atoms with Gasteiger partial charge >= 0.3 is 5.97 Å². The van der Waals surface area contributed by atoms with Gasteiger partial charge in [-0.25, -0.2) is 0 Å². The van der Waals surface area contributed by atoms with Crippen LogP contribution in [0.5, 0.6) is 5.75 Å². The Bertz CT molecular complexity index is 678. The first-order valence-electron chi connectivity index (χ1n) is 9.98. The third-order valence-electron chi connectivity index (χ3n) is 6.22. The number of benzene rings is 1. The molecule has 4 rings (SSSR count). The molecule has 0 aromatic heterocycles. The second-order valence-electron chi connectivity index (χ2n) is 7.81. The maximum absolute atomic E-state index is 13.3. The van der Waals surface area contributed by atoms with Gasteiger partial charge in [-0.3, -0.25) is 9.59 Å². The van der Waals surface area contributed by atoms with Crippen molar-refractivity contribution in [3.63, 3.8) is 0 Å². The zero-order valence-corrected chi connectivity index (χ0v) is 15.2. The predicted octanol–water partition coefficient (Wildman–Crippen LogP) is 3.97. The van der Waals surface area contributed by atoms with Gasteiger partial charge < -0.3 is 9.64 Å². The highest BCUT2D eigenvalue weighted by Gasteiger charge is 2.46. The molecule has 0 N–H and O–H groups in total. The lowest BCUT2D eigenvalue weighted by molar-refractivity contribution is -0.155. The van der Waals surface area contributed by atoms with Crippen LogP contribution in [0.1, 0.15) is 44.9 Å². The van der Waals surface area contributed by atoms with Crippen LogP contribution in [-0.4, -0.2) is 29.4 Å². The van der Waals surface area contributed by atoms with Gasteiger partial charge in [0.15, 0.2) is 0 Å². The monoisotopic (exact) mass is 353 g/mol. The highest BCUT2D eigenvalue weighted by molar-refractivity contribution is 5.88. The quantitative estimate of drug-likeness (QED) is 0.469. The van der Waals surface area contributed by atoms with Crippen molar-refractivity contribution in [2.24, 2.45) is 17.8 Å². The van der Waals surface area contributed by atoms with Crippen LogP contribution in [-0.2, 0) is 9.59 Å². The van der Waals surface area contributed by atoms with Gasteiger partial charge in [-0.1, -0.05) is 49.6 Å². The van der Waals surface area contributed by atoms with E-state index < -0.39 is 0 Å². The normalized spacial score (nSPS) is 29.3. The maximum atomic E-state index is 13.3. The van der Waals surface area contributed by atoms with Gasteiger partial charge in [-0.2, -0.15) is 0 Å². The van der Waals surface area contributed by atoms with Crippen molar-refractivity contribution in [3.8, 4) is 5.75 Å². The van der Waals surface area contributed by atoms with Gasteiger partial charge in [0, 0.05) is 12.6 Å². The van der Waals surface area contributed by atoms with Gasteiger partial charge in [0.25, 0.3) is 0 Å². The summed E-state index contributed by atoms with van der Waals surface area (Å²) in [5, 5.41) is 0. The summed E-state index contributed by atoms with van der Waals surface area (Å²) in [7, 11) is 0. The van der Waals surface area contributed by atoms with E-state index in [1.165, 1.54) is 19.3 Å². The number of piperidine rings is 1. The molecule has 1 heterocycles. The summed E-state index contributed by atoms with van der Waals surface area (Å²) in [5.74, 6) is -0.00157. The van der Waals surface area contributed by atoms with Crippen LogP contribution in [0.2, 0.25) is 0 Å². The average molecular weight is 353 g/mol. The highest BCUT2D eigenvalue weighted by atomic mass is 16.5. The molecule has 0 bridgehead atoms. The lowest BCUT2D eigenvalue weighted by Gasteiger charge is -2.45. The molecule has 1 saturated heterocycles. The standard InChI is InChI=1S/C22H27NO3/c24-21-20-16(14-15-23(21)17-9-3-1-4-10-17)8-7-13-19(20)22(25)26-18-11-5-2-6-12-18/h2,5-8,11-12,16-17,19-20H,1,3-4,9-10,13-15H2/t16-,19-,20+/m0/s1. The number of para-hydroxylation sites is 1. The SMILES string of the molecule is O=C(Oc1ccccc1)[C@H]1CC=C[C@H]2CCN(C3CCCCC3)C(=O)[C@@H]12. The van der Waals surface area contributed by atoms with Crippen molar-refractivity contribution in [2.75, 3.05) is 6.54 Å². The average Bonchev–Trinajstić information content (AvgIpc) is 2.69. The van der Waals surface area contributed by atoms with Gasteiger partial charge in [0.05, 0.1) is 11.8 Å². The number of carbonyl (C=O) groups is 2. The smallest absolute Gasteiger partial charge is 0.315 e. The van der Waals surface area contributed by atoms with Crippen LogP contribution in [0, 0.1) is 17.8 Å². The third kappa shape index (κ3) is 3.42. The molecule has 0 spiro atoms. The van der Waals surface area contributed by atoms with Gasteiger partial charge in [-0.05, 0) is 43.7 Å². The van der Waals surface area contributed by atoms with Crippen LogP contribution in [0.4, 0.5) is 0 Å². The van der Waals surface area contributed by atoms with Crippen molar-refractivity contribution in [2.45, 2.75) is 51.0 Å². The summed E-state index contributed by atoms with van der Waals surface area (Å²) in [4.78, 5) is 28.2. The Morgan fingerprint density at radius 2 is 1.81 bits per heavy atom. The molecule has 4 nitrogen and oxygen atoms in total. The highest BCUT2D eigenvalue weighted by Crippen LogP contribution is 2.40. The molecule has 3 aliphatic rings. The molecule has 4 heteroatoms. The summed E-state index contributed by atoms with van der Waals surface area (Å²) >= 11 is 0. The largest absolute Gasteiger partial charge is 0.426 e. The van der Waals surface area contributed by atoms with E-state index in [1.807, 2.05) is 18.2 Å². The molecule has 1 saturated carbocycles.